The number of nitrogens with two attached hydrogens (primary N) is 1. The normalized spacial score (nSPS) is 9.96. The predicted octanol–water partition coefficient (Wildman–Crippen LogP) is 2.41. The summed E-state index contributed by atoms with van der Waals surface area (Å²) in [6.07, 6.45) is 0. The molecule has 0 aliphatic rings. The molecule has 0 aromatic heterocycles. The maximum Gasteiger partial charge on any atom is 0.314 e. The first-order chi connectivity index (χ1) is 10.9. The number of benzene rings is 2. The molecule has 2 aromatic carbocycles. The lowest BCUT2D eigenvalue weighted by atomic mass is 10.2. The molecule has 8 nitrogen and oxygen atoms in total. The number of amides is 2. The molecule has 0 heterocycles. The first-order valence-corrected chi connectivity index (χ1v) is 6.66. The largest absolute Gasteiger partial charge is 0.398 e. The van der Waals surface area contributed by atoms with E-state index in [1.165, 1.54) is 42.5 Å². The Labute approximate surface area is 135 Å². The van der Waals surface area contributed by atoms with E-state index in [9.17, 15) is 19.7 Å². The van der Waals surface area contributed by atoms with Crippen LogP contribution in [0.5, 0.6) is 0 Å². The van der Waals surface area contributed by atoms with Crippen LogP contribution in [-0.4, -0.2) is 16.7 Å². The summed E-state index contributed by atoms with van der Waals surface area (Å²) in [5.41, 5.74) is 6.34. The van der Waals surface area contributed by atoms with Crippen molar-refractivity contribution in [3.05, 3.63) is 57.6 Å². The van der Waals surface area contributed by atoms with E-state index in [2.05, 4.69) is 10.6 Å². The maximum absolute atomic E-state index is 11.8. The molecule has 0 aliphatic heterocycles. The molecule has 2 aromatic rings. The van der Waals surface area contributed by atoms with Gasteiger partial charge in [-0.3, -0.25) is 19.7 Å². The van der Waals surface area contributed by atoms with Gasteiger partial charge in [0.25, 0.3) is 5.69 Å². The van der Waals surface area contributed by atoms with Crippen molar-refractivity contribution < 1.29 is 14.5 Å². The topological polar surface area (TPSA) is 127 Å². The quantitative estimate of drug-likeness (QED) is 0.344. The molecule has 0 atom stereocenters. The van der Waals surface area contributed by atoms with Crippen LogP contribution in [0, 0.1) is 10.1 Å². The smallest absolute Gasteiger partial charge is 0.314 e. The third-order valence-electron chi connectivity index (χ3n) is 2.80. The van der Waals surface area contributed by atoms with E-state index < -0.39 is 16.7 Å². The maximum atomic E-state index is 11.8. The Kier molecular flexibility index (Phi) is 4.77. The number of rotatable bonds is 3. The molecule has 4 N–H and O–H groups in total. The zero-order valence-corrected chi connectivity index (χ0v) is 12.3. The number of nitrogen functional groups attached to an aromatic ring is 1. The van der Waals surface area contributed by atoms with Gasteiger partial charge in [0, 0.05) is 23.5 Å². The van der Waals surface area contributed by atoms with Crippen molar-refractivity contribution >= 4 is 46.2 Å². The molecule has 2 rings (SSSR count). The summed E-state index contributed by atoms with van der Waals surface area (Å²) in [6, 6.07) is 9.48. The zero-order chi connectivity index (χ0) is 17.0. The first-order valence-electron chi connectivity index (χ1n) is 6.28. The van der Waals surface area contributed by atoms with Gasteiger partial charge < -0.3 is 16.4 Å². The van der Waals surface area contributed by atoms with Crippen LogP contribution in [-0.2, 0) is 9.59 Å². The Morgan fingerprint density at radius 1 is 1.00 bits per heavy atom. The molecule has 0 saturated carbocycles. The third-order valence-corrected chi connectivity index (χ3v) is 3.13. The fourth-order valence-corrected chi connectivity index (χ4v) is 1.83. The summed E-state index contributed by atoms with van der Waals surface area (Å²) in [6.45, 7) is 0. The van der Waals surface area contributed by atoms with Crippen molar-refractivity contribution in [2.45, 2.75) is 0 Å². The van der Waals surface area contributed by atoms with Gasteiger partial charge in [0.1, 0.15) is 0 Å². The minimum atomic E-state index is -0.924. The lowest BCUT2D eigenvalue weighted by molar-refractivity contribution is -0.384. The Morgan fingerprint density at radius 2 is 1.52 bits per heavy atom. The number of nitro groups is 1. The fraction of sp³-hybridized carbons (Fsp3) is 0. The van der Waals surface area contributed by atoms with Gasteiger partial charge in [-0.2, -0.15) is 0 Å². The summed E-state index contributed by atoms with van der Waals surface area (Å²) in [5.74, 6) is -1.84. The van der Waals surface area contributed by atoms with E-state index in [1.54, 1.807) is 0 Å². The number of carbonyl (C=O) groups is 2. The molecule has 0 radical (unpaired) electrons. The van der Waals surface area contributed by atoms with Gasteiger partial charge in [-0.15, -0.1) is 0 Å². The van der Waals surface area contributed by atoms with E-state index >= 15 is 0 Å². The Balaban J connectivity index is 2.00. The highest BCUT2D eigenvalue weighted by Gasteiger charge is 2.15. The second kappa shape index (κ2) is 6.75. The molecule has 0 unspecified atom stereocenters. The summed E-state index contributed by atoms with van der Waals surface area (Å²) in [7, 11) is 0. The molecule has 2 amide bonds. The molecule has 23 heavy (non-hydrogen) atoms. The molecule has 0 bridgehead atoms. The summed E-state index contributed by atoms with van der Waals surface area (Å²) >= 11 is 5.82. The Hall–Kier alpha value is -3.13. The SMILES string of the molecule is Nc1ccc(NC(=O)C(=O)Nc2ccc([N+](=O)[O-])cc2)cc1Cl. The highest BCUT2D eigenvalue weighted by Crippen LogP contribution is 2.22. The minimum Gasteiger partial charge on any atom is -0.398 e. The number of nitrogens with zero attached hydrogens (tertiary/aromatic N) is 1. The highest BCUT2D eigenvalue weighted by atomic mass is 35.5. The lowest BCUT2D eigenvalue weighted by Gasteiger charge is -2.07. The minimum absolute atomic E-state index is 0.121. The number of hydrogen-bond donors (Lipinski definition) is 3. The molecule has 9 heteroatoms. The molecular formula is C14H11ClN4O4. The van der Waals surface area contributed by atoms with Gasteiger partial charge >= 0.3 is 11.8 Å². The van der Waals surface area contributed by atoms with Crippen molar-refractivity contribution in [2.24, 2.45) is 0 Å². The summed E-state index contributed by atoms with van der Waals surface area (Å²) < 4.78 is 0. The van der Waals surface area contributed by atoms with Crippen LogP contribution >= 0.6 is 11.6 Å². The molecule has 118 valence electrons. The lowest BCUT2D eigenvalue weighted by Crippen LogP contribution is -2.29. The van der Waals surface area contributed by atoms with Gasteiger partial charge in [-0.05, 0) is 30.3 Å². The Morgan fingerprint density at radius 3 is 2.04 bits per heavy atom. The van der Waals surface area contributed by atoms with E-state index in [4.69, 9.17) is 17.3 Å². The molecule has 0 fully saturated rings. The number of nitrogens with one attached hydrogen (secondary N) is 2. The number of nitro benzene ring substituents is 1. The van der Waals surface area contributed by atoms with Crippen LogP contribution in [0.25, 0.3) is 0 Å². The monoisotopic (exact) mass is 334 g/mol. The van der Waals surface area contributed by atoms with Crippen LogP contribution < -0.4 is 16.4 Å². The average Bonchev–Trinajstić information content (AvgIpc) is 2.51. The number of non-ortho nitro benzene ring substituents is 1. The molecule has 0 saturated heterocycles. The standard InChI is InChI=1S/C14H11ClN4O4/c15-11-7-9(3-6-12(11)16)18-14(21)13(20)17-8-1-4-10(5-2-8)19(22)23/h1-7H,16H2,(H,17,20)(H,18,21). The molecule has 0 spiro atoms. The zero-order valence-electron chi connectivity index (χ0n) is 11.6. The number of hydrogen-bond acceptors (Lipinski definition) is 5. The van der Waals surface area contributed by atoms with Gasteiger partial charge in [0.05, 0.1) is 15.6 Å². The van der Waals surface area contributed by atoms with E-state index in [0.29, 0.717) is 11.4 Å². The van der Waals surface area contributed by atoms with Crippen LogP contribution in [0.3, 0.4) is 0 Å². The van der Waals surface area contributed by atoms with Crippen LogP contribution in [0.15, 0.2) is 42.5 Å². The summed E-state index contributed by atoms with van der Waals surface area (Å²) in [4.78, 5) is 33.5. The van der Waals surface area contributed by atoms with E-state index in [1.807, 2.05) is 0 Å². The average molecular weight is 335 g/mol. The van der Waals surface area contributed by atoms with Crippen molar-refractivity contribution in [3.8, 4) is 0 Å². The number of halogens is 1. The first kappa shape index (κ1) is 16.2. The van der Waals surface area contributed by atoms with Crippen molar-refractivity contribution in [2.75, 3.05) is 16.4 Å². The second-order valence-electron chi connectivity index (χ2n) is 4.45. The second-order valence-corrected chi connectivity index (χ2v) is 4.86. The van der Waals surface area contributed by atoms with Crippen LogP contribution in [0.4, 0.5) is 22.7 Å². The van der Waals surface area contributed by atoms with Crippen LogP contribution in [0.1, 0.15) is 0 Å². The van der Waals surface area contributed by atoms with Crippen molar-refractivity contribution in [1.82, 2.24) is 0 Å². The van der Waals surface area contributed by atoms with E-state index in [-0.39, 0.29) is 16.4 Å². The molecular weight excluding hydrogens is 324 g/mol. The molecule has 0 aliphatic carbocycles. The van der Waals surface area contributed by atoms with Gasteiger partial charge in [0.2, 0.25) is 0 Å². The third kappa shape index (κ3) is 4.17. The number of anilines is 3. The summed E-state index contributed by atoms with van der Waals surface area (Å²) in [5, 5.41) is 15.5. The number of carbonyl (C=O) groups excluding carboxylic acids is 2. The van der Waals surface area contributed by atoms with Crippen LogP contribution in [0.2, 0.25) is 5.02 Å². The van der Waals surface area contributed by atoms with Crippen molar-refractivity contribution in [3.63, 3.8) is 0 Å². The van der Waals surface area contributed by atoms with E-state index in [0.717, 1.165) is 0 Å². The van der Waals surface area contributed by atoms with Crippen molar-refractivity contribution in [1.29, 1.82) is 0 Å². The predicted molar refractivity (Wildman–Crippen MR) is 86.2 cm³/mol. The Bertz CT molecular complexity index is 777. The van der Waals surface area contributed by atoms with Gasteiger partial charge in [-0.1, -0.05) is 11.6 Å². The highest BCUT2D eigenvalue weighted by molar-refractivity contribution is 6.43. The van der Waals surface area contributed by atoms with Gasteiger partial charge in [0.15, 0.2) is 0 Å². The fourth-order valence-electron chi connectivity index (χ4n) is 1.65. The van der Waals surface area contributed by atoms with Gasteiger partial charge in [-0.25, -0.2) is 0 Å².